The van der Waals surface area contributed by atoms with Crippen LogP contribution in [-0.4, -0.2) is 36.4 Å². The van der Waals surface area contributed by atoms with Crippen LogP contribution in [0.3, 0.4) is 0 Å². The van der Waals surface area contributed by atoms with Crippen LogP contribution in [0.2, 0.25) is 0 Å². The van der Waals surface area contributed by atoms with Gasteiger partial charge in [-0.15, -0.1) is 10.2 Å². The Hall–Kier alpha value is -3.94. The summed E-state index contributed by atoms with van der Waals surface area (Å²) in [4.78, 5) is 23.5. The van der Waals surface area contributed by atoms with E-state index in [9.17, 15) is 9.59 Å². The zero-order valence-corrected chi connectivity index (χ0v) is 16.7. The molecule has 8 heteroatoms. The molecule has 0 aliphatic rings. The third-order valence-corrected chi connectivity index (χ3v) is 4.16. The number of nitrogens with zero attached hydrogens (tertiary/aromatic N) is 2. The smallest absolute Gasteiger partial charge is 0.337 e. The van der Waals surface area contributed by atoms with Crippen LogP contribution in [0.5, 0.6) is 5.75 Å². The van der Waals surface area contributed by atoms with Gasteiger partial charge in [-0.2, -0.15) is 0 Å². The summed E-state index contributed by atoms with van der Waals surface area (Å²) in [5.74, 6) is 0.227. The van der Waals surface area contributed by atoms with E-state index >= 15 is 0 Å². The molecule has 0 unspecified atom stereocenters. The molecular formula is C22H20N2O6. The Morgan fingerprint density at radius 3 is 2.33 bits per heavy atom. The lowest BCUT2D eigenvalue weighted by molar-refractivity contribution is -0.143. The molecule has 3 aromatic rings. The summed E-state index contributed by atoms with van der Waals surface area (Å²) in [7, 11) is 2.90. The van der Waals surface area contributed by atoms with E-state index in [2.05, 4.69) is 14.9 Å². The molecule has 8 nitrogen and oxygen atoms in total. The molecule has 0 bridgehead atoms. The Kier molecular flexibility index (Phi) is 6.59. The summed E-state index contributed by atoms with van der Waals surface area (Å²) in [6, 6.07) is 13.8. The van der Waals surface area contributed by atoms with Gasteiger partial charge in [0.15, 0.2) is 6.10 Å². The van der Waals surface area contributed by atoms with Gasteiger partial charge in [-0.25, -0.2) is 9.59 Å². The molecular weight excluding hydrogens is 388 g/mol. The van der Waals surface area contributed by atoms with E-state index in [0.717, 1.165) is 11.1 Å². The van der Waals surface area contributed by atoms with E-state index in [4.69, 9.17) is 13.9 Å². The number of aromatic nitrogens is 2. The van der Waals surface area contributed by atoms with Crippen molar-refractivity contribution in [1.29, 1.82) is 0 Å². The van der Waals surface area contributed by atoms with Crippen molar-refractivity contribution in [2.24, 2.45) is 0 Å². The highest BCUT2D eigenvalue weighted by Gasteiger charge is 2.18. The molecule has 154 valence electrons. The van der Waals surface area contributed by atoms with Gasteiger partial charge in [0.1, 0.15) is 5.75 Å². The van der Waals surface area contributed by atoms with E-state index in [1.54, 1.807) is 68.6 Å². The Morgan fingerprint density at radius 1 is 1.00 bits per heavy atom. The van der Waals surface area contributed by atoms with Crippen LogP contribution in [0.15, 0.2) is 59.0 Å². The first kappa shape index (κ1) is 20.8. The van der Waals surface area contributed by atoms with Gasteiger partial charge in [-0.05, 0) is 55.0 Å². The molecule has 3 rings (SSSR count). The minimum absolute atomic E-state index is 0.185. The fourth-order valence-corrected chi connectivity index (χ4v) is 2.53. The molecule has 0 N–H and O–H groups in total. The van der Waals surface area contributed by atoms with E-state index in [1.807, 2.05) is 0 Å². The number of hydrogen-bond donors (Lipinski definition) is 0. The molecule has 30 heavy (non-hydrogen) atoms. The lowest BCUT2D eigenvalue weighted by Crippen LogP contribution is -2.06. The normalized spacial score (nSPS) is 11.8. The molecule has 1 aromatic heterocycles. The Labute approximate surface area is 173 Å². The van der Waals surface area contributed by atoms with E-state index in [1.165, 1.54) is 13.2 Å². The van der Waals surface area contributed by atoms with Crippen molar-refractivity contribution in [2.45, 2.75) is 13.0 Å². The average Bonchev–Trinajstić information content (AvgIpc) is 3.28. The monoisotopic (exact) mass is 408 g/mol. The Bertz CT molecular complexity index is 1040. The molecule has 0 saturated carbocycles. The summed E-state index contributed by atoms with van der Waals surface area (Å²) in [6.45, 7) is 1.64. The topological polar surface area (TPSA) is 101 Å². The summed E-state index contributed by atoms with van der Waals surface area (Å²) >= 11 is 0. The van der Waals surface area contributed by atoms with Crippen molar-refractivity contribution in [2.75, 3.05) is 14.2 Å². The molecule has 1 atom stereocenters. The number of carbonyl (C=O) groups excluding carboxylic acids is 2. The van der Waals surface area contributed by atoms with Gasteiger partial charge < -0.3 is 18.6 Å². The van der Waals surface area contributed by atoms with Gasteiger partial charge in [0, 0.05) is 11.6 Å². The lowest BCUT2D eigenvalue weighted by atomic mass is 10.1. The number of esters is 2. The quantitative estimate of drug-likeness (QED) is 0.429. The number of methoxy groups -OCH3 is 2. The minimum atomic E-state index is -0.719. The predicted octanol–water partition coefficient (Wildman–Crippen LogP) is 3.85. The van der Waals surface area contributed by atoms with Crippen LogP contribution in [0.1, 0.15) is 34.8 Å². The van der Waals surface area contributed by atoms with Gasteiger partial charge in [0.25, 0.3) is 5.89 Å². The van der Waals surface area contributed by atoms with Crippen LogP contribution in [0.4, 0.5) is 0 Å². The number of carbonyl (C=O) groups is 2. The third-order valence-electron chi connectivity index (χ3n) is 4.16. The summed E-state index contributed by atoms with van der Waals surface area (Å²) in [6.07, 6.45) is 2.14. The average molecular weight is 408 g/mol. The lowest BCUT2D eigenvalue weighted by Gasteiger charge is -2.07. The van der Waals surface area contributed by atoms with E-state index in [-0.39, 0.29) is 5.89 Å². The van der Waals surface area contributed by atoms with Gasteiger partial charge in [0.05, 0.1) is 19.8 Å². The standard InChI is InChI=1S/C22H20N2O6/c1-14(20-23-24-21(30-20)16-9-11-18(27-2)12-10-16)29-19(25)13-6-15-4-7-17(8-5-15)22(26)28-3/h4-14H,1-3H3/b13-6+/t14-/m1/s1. The first-order valence-electron chi connectivity index (χ1n) is 9.05. The molecule has 0 spiro atoms. The van der Waals surface area contributed by atoms with Crippen molar-refractivity contribution >= 4 is 18.0 Å². The SMILES string of the molecule is COC(=O)c1ccc(/C=C/C(=O)O[C@H](C)c2nnc(-c3ccc(OC)cc3)o2)cc1. The Morgan fingerprint density at radius 2 is 1.70 bits per heavy atom. The summed E-state index contributed by atoms with van der Waals surface area (Å²) in [5.41, 5.74) is 1.88. The molecule has 0 amide bonds. The first-order valence-corrected chi connectivity index (χ1v) is 9.05. The zero-order valence-electron chi connectivity index (χ0n) is 16.7. The summed E-state index contributed by atoms with van der Waals surface area (Å²) < 4.78 is 20.7. The number of hydrogen-bond acceptors (Lipinski definition) is 8. The molecule has 2 aromatic carbocycles. The molecule has 0 aliphatic carbocycles. The number of rotatable bonds is 7. The maximum atomic E-state index is 12.1. The van der Waals surface area contributed by atoms with Gasteiger partial charge in [0.2, 0.25) is 5.89 Å². The molecule has 0 fully saturated rings. The highest BCUT2D eigenvalue weighted by Crippen LogP contribution is 2.24. The van der Waals surface area contributed by atoms with Crippen molar-refractivity contribution in [3.63, 3.8) is 0 Å². The van der Waals surface area contributed by atoms with Crippen LogP contribution in [-0.2, 0) is 14.3 Å². The highest BCUT2D eigenvalue weighted by atomic mass is 16.6. The second-order valence-electron chi connectivity index (χ2n) is 6.20. The van der Waals surface area contributed by atoms with Crippen LogP contribution in [0, 0.1) is 0 Å². The minimum Gasteiger partial charge on any atom is -0.497 e. The number of ether oxygens (including phenoxy) is 3. The van der Waals surface area contributed by atoms with Crippen LogP contribution in [0.25, 0.3) is 17.5 Å². The van der Waals surface area contributed by atoms with Crippen molar-refractivity contribution < 1.29 is 28.2 Å². The summed E-state index contributed by atoms with van der Waals surface area (Å²) in [5, 5.41) is 7.94. The van der Waals surface area contributed by atoms with Crippen LogP contribution < -0.4 is 4.74 Å². The van der Waals surface area contributed by atoms with Gasteiger partial charge in [-0.1, -0.05) is 12.1 Å². The van der Waals surface area contributed by atoms with Gasteiger partial charge in [-0.3, -0.25) is 0 Å². The fourth-order valence-electron chi connectivity index (χ4n) is 2.53. The van der Waals surface area contributed by atoms with Crippen molar-refractivity contribution in [3.8, 4) is 17.2 Å². The third kappa shape index (κ3) is 5.11. The maximum absolute atomic E-state index is 12.1. The second kappa shape index (κ2) is 9.51. The molecule has 0 aliphatic heterocycles. The maximum Gasteiger partial charge on any atom is 0.337 e. The first-order chi connectivity index (χ1) is 14.5. The zero-order chi connectivity index (χ0) is 21.5. The van der Waals surface area contributed by atoms with Crippen LogP contribution >= 0.6 is 0 Å². The fraction of sp³-hybridized carbons (Fsp3) is 0.182. The van der Waals surface area contributed by atoms with Gasteiger partial charge >= 0.3 is 11.9 Å². The largest absolute Gasteiger partial charge is 0.497 e. The Balaban J connectivity index is 1.59. The number of benzene rings is 2. The van der Waals surface area contributed by atoms with E-state index in [0.29, 0.717) is 17.2 Å². The second-order valence-corrected chi connectivity index (χ2v) is 6.20. The predicted molar refractivity (Wildman–Crippen MR) is 108 cm³/mol. The van der Waals surface area contributed by atoms with E-state index < -0.39 is 18.0 Å². The highest BCUT2D eigenvalue weighted by molar-refractivity contribution is 5.90. The molecule has 0 radical (unpaired) electrons. The molecule has 1 heterocycles. The molecule has 0 saturated heterocycles. The van der Waals surface area contributed by atoms with Crippen molar-refractivity contribution in [1.82, 2.24) is 10.2 Å². The van der Waals surface area contributed by atoms with Crippen molar-refractivity contribution in [3.05, 3.63) is 71.6 Å².